The minimum absolute atomic E-state index is 0.319. The fourth-order valence-corrected chi connectivity index (χ4v) is 1.97. The van der Waals surface area contributed by atoms with Crippen LogP contribution in [0.1, 0.15) is 6.92 Å². The predicted octanol–water partition coefficient (Wildman–Crippen LogP) is 4.16. The second kappa shape index (κ2) is 5.82. The molecule has 0 aliphatic heterocycles. The summed E-state index contributed by atoms with van der Waals surface area (Å²) in [5.41, 5.74) is 0.388. The zero-order valence-corrected chi connectivity index (χ0v) is 11.5. The van der Waals surface area contributed by atoms with Crippen molar-refractivity contribution in [2.75, 3.05) is 17.2 Å². The lowest BCUT2D eigenvalue weighted by atomic mass is 10.3. The summed E-state index contributed by atoms with van der Waals surface area (Å²) in [6.07, 6.45) is 0. The molecule has 3 nitrogen and oxygen atoms in total. The molecule has 5 heteroatoms. The number of hydrogen-bond acceptors (Lipinski definition) is 3. The normalized spacial score (nSPS) is 10.2. The van der Waals surface area contributed by atoms with Crippen LogP contribution in [0.15, 0.2) is 40.9 Å². The first-order valence-corrected chi connectivity index (χ1v) is 6.42. The highest BCUT2D eigenvalue weighted by Crippen LogP contribution is 2.28. The highest BCUT2D eigenvalue weighted by atomic mass is 79.9. The highest BCUT2D eigenvalue weighted by Gasteiger charge is 2.07. The van der Waals surface area contributed by atoms with E-state index in [2.05, 4.69) is 31.5 Å². The average Bonchev–Trinajstić information content (AvgIpc) is 2.35. The number of hydrogen-bond donors (Lipinski definition) is 2. The number of aromatic nitrogens is 1. The summed E-state index contributed by atoms with van der Waals surface area (Å²) in [5, 5.41) is 6.07. The summed E-state index contributed by atoms with van der Waals surface area (Å²) in [7, 11) is 0. The summed E-state index contributed by atoms with van der Waals surface area (Å²) >= 11 is 3.31. The Kier molecular flexibility index (Phi) is 4.15. The quantitative estimate of drug-likeness (QED) is 0.890. The molecule has 0 atom stereocenters. The Hall–Kier alpha value is -1.62. The lowest BCUT2D eigenvalue weighted by Crippen LogP contribution is -2.02. The molecule has 0 unspecified atom stereocenters. The SMILES string of the molecule is CCNc1cccc(Nc2c(F)cccc2Br)n1. The second-order valence-electron chi connectivity index (χ2n) is 3.66. The Morgan fingerprint density at radius 2 is 1.89 bits per heavy atom. The fourth-order valence-electron chi connectivity index (χ4n) is 1.53. The molecule has 2 aromatic rings. The van der Waals surface area contributed by atoms with E-state index in [1.165, 1.54) is 6.07 Å². The van der Waals surface area contributed by atoms with Crippen molar-refractivity contribution >= 4 is 33.3 Å². The van der Waals surface area contributed by atoms with Crippen LogP contribution in [0.4, 0.5) is 21.7 Å². The van der Waals surface area contributed by atoms with Crippen LogP contribution < -0.4 is 10.6 Å². The maximum absolute atomic E-state index is 13.6. The molecular formula is C13H13BrFN3. The van der Waals surface area contributed by atoms with Crippen LogP contribution in [0.2, 0.25) is 0 Å². The summed E-state index contributed by atoms with van der Waals surface area (Å²) in [6, 6.07) is 10.3. The molecule has 0 aliphatic rings. The van der Waals surface area contributed by atoms with Gasteiger partial charge in [0.2, 0.25) is 0 Å². The van der Waals surface area contributed by atoms with Crippen molar-refractivity contribution in [3.63, 3.8) is 0 Å². The van der Waals surface area contributed by atoms with E-state index < -0.39 is 0 Å². The van der Waals surface area contributed by atoms with Gasteiger partial charge in [0.25, 0.3) is 0 Å². The first-order valence-electron chi connectivity index (χ1n) is 5.62. The van der Waals surface area contributed by atoms with Crippen LogP contribution >= 0.6 is 15.9 Å². The Morgan fingerprint density at radius 1 is 1.17 bits per heavy atom. The van der Waals surface area contributed by atoms with Crippen molar-refractivity contribution in [2.45, 2.75) is 6.92 Å². The Labute approximate surface area is 114 Å². The molecule has 0 saturated heterocycles. The minimum Gasteiger partial charge on any atom is -0.370 e. The van der Waals surface area contributed by atoms with Gasteiger partial charge in [-0.15, -0.1) is 0 Å². The van der Waals surface area contributed by atoms with Gasteiger partial charge >= 0.3 is 0 Å². The molecule has 18 heavy (non-hydrogen) atoms. The molecular weight excluding hydrogens is 297 g/mol. The zero-order valence-electron chi connectivity index (χ0n) is 9.87. The smallest absolute Gasteiger partial charge is 0.147 e. The van der Waals surface area contributed by atoms with Crippen molar-refractivity contribution in [3.05, 3.63) is 46.7 Å². The van der Waals surface area contributed by atoms with Crippen molar-refractivity contribution in [2.24, 2.45) is 0 Å². The Bertz CT molecular complexity index is 525. The number of nitrogens with zero attached hydrogens (tertiary/aromatic N) is 1. The molecule has 0 radical (unpaired) electrons. The standard InChI is InChI=1S/C13H13BrFN3/c1-2-16-11-7-4-8-12(17-11)18-13-9(14)5-3-6-10(13)15/h3-8H,2H2,1H3,(H2,16,17,18). The van der Waals surface area contributed by atoms with E-state index in [4.69, 9.17) is 0 Å². The third-order valence-corrected chi connectivity index (χ3v) is 2.98. The number of nitrogens with one attached hydrogen (secondary N) is 2. The van der Waals surface area contributed by atoms with Crippen molar-refractivity contribution in [1.82, 2.24) is 4.98 Å². The number of pyridine rings is 1. The molecule has 0 fully saturated rings. The second-order valence-corrected chi connectivity index (χ2v) is 4.51. The molecule has 1 aromatic carbocycles. The van der Waals surface area contributed by atoms with Crippen LogP contribution in [0.5, 0.6) is 0 Å². The van der Waals surface area contributed by atoms with Crippen LogP contribution in [0.3, 0.4) is 0 Å². The largest absolute Gasteiger partial charge is 0.370 e. The molecule has 0 bridgehead atoms. The number of benzene rings is 1. The molecule has 0 spiro atoms. The van der Waals surface area contributed by atoms with Gasteiger partial charge < -0.3 is 10.6 Å². The van der Waals surface area contributed by atoms with Gasteiger partial charge in [-0.25, -0.2) is 9.37 Å². The molecule has 0 amide bonds. The maximum Gasteiger partial charge on any atom is 0.147 e. The molecule has 1 aromatic heterocycles. The number of halogens is 2. The Balaban J connectivity index is 2.26. The summed E-state index contributed by atoms with van der Waals surface area (Å²) in [4.78, 5) is 4.33. The van der Waals surface area contributed by atoms with E-state index in [0.717, 1.165) is 12.4 Å². The van der Waals surface area contributed by atoms with Crippen LogP contribution in [-0.2, 0) is 0 Å². The lowest BCUT2D eigenvalue weighted by Gasteiger charge is -2.10. The van der Waals surface area contributed by atoms with Gasteiger partial charge in [0.15, 0.2) is 0 Å². The highest BCUT2D eigenvalue weighted by molar-refractivity contribution is 9.10. The van der Waals surface area contributed by atoms with E-state index in [-0.39, 0.29) is 5.82 Å². The van der Waals surface area contributed by atoms with Crippen molar-refractivity contribution < 1.29 is 4.39 Å². The van der Waals surface area contributed by atoms with Crippen molar-refractivity contribution in [1.29, 1.82) is 0 Å². The molecule has 0 aliphatic carbocycles. The van der Waals surface area contributed by atoms with E-state index >= 15 is 0 Å². The van der Waals surface area contributed by atoms with Crippen LogP contribution in [-0.4, -0.2) is 11.5 Å². The average molecular weight is 310 g/mol. The van der Waals surface area contributed by atoms with Gasteiger partial charge in [-0.3, -0.25) is 0 Å². The molecule has 2 rings (SSSR count). The predicted molar refractivity (Wildman–Crippen MR) is 75.8 cm³/mol. The van der Waals surface area contributed by atoms with Gasteiger partial charge in [0.1, 0.15) is 17.5 Å². The Morgan fingerprint density at radius 3 is 2.61 bits per heavy atom. The number of rotatable bonds is 4. The maximum atomic E-state index is 13.6. The molecule has 0 saturated carbocycles. The third-order valence-electron chi connectivity index (χ3n) is 2.32. The van der Waals surface area contributed by atoms with E-state index in [1.807, 2.05) is 19.1 Å². The minimum atomic E-state index is -0.319. The van der Waals surface area contributed by atoms with Gasteiger partial charge in [-0.2, -0.15) is 0 Å². The van der Waals surface area contributed by atoms with E-state index in [1.54, 1.807) is 18.2 Å². The third kappa shape index (κ3) is 2.98. The molecule has 94 valence electrons. The first-order chi connectivity index (χ1) is 8.70. The monoisotopic (exact) mass is 309 g/mol. The van der Waals surface area contributed by atoms with Crippen LogP contribution in [0.25, 0.3) is 0 Å². The van der Waals surface area contributed by atoms with Gasteiger partial charge in [-0.1, -0.05) is 12.1 Å². The van der Waals surface area contributed by atoms with Crippen molar-refractivity contribution in [3.8, 4) is 0 Å². The number of para-hydroxylation sites is 1. The summed E-state index contributed by atoms with van der Waals surface area (Å²) in [5.74, 6) is 1.04. The summed E-state index contributed by atoms with van der Waals surface area (Å²) in [6.45, 7) is 2.79. The topological polar surface area (TPSA) is 37.0 Å². The van der Waals surface area contributed by atoms with Gasteiger partial charge in [0.05, 0.1) is 5.69 Å². The zero-order chi connectivity index (χ0) is 13.0. The van der Waals surface area contributed by atoms with E-state index in [0.29, 0.717) is 16.0 Å². The van der Waals surface area contributed by atoms with Gasteiger partial charge in [0, 0.05) is 11.0 Å². The van der Waals surface area contributed by atoms with Crippen LogP contribution in [0, 0.1) is 5.82 Å². The lowest BCUT2D eigenvalue weighted by molar-refractivity contribution is 0.631. The fraction of sp³-hybridized carbons (Fsp3) is 0.154. The number of anilines is 3. The summed E-state index contributed by atoms with van der Waals surface area (Å²) < 4.78 is 14.3. The first kappa shape index (κ1) is 12.8. The molecule has 2 N–H and O–H groups in total. The molecule has 1 heterocycles. The van der Waals surface area contributed by atoms with Gasteiger partial charge in [-0.05, 0) is 47.1 Å². The van der Waals surface area contributed by atoms with E-state index in [9.17, 15) is 4.39 Å².